The number of phenols is 1. The summed E-state index contributed by atoms with van der Waals surface area (Å²) in [6.07, 6.45) is 0.0597. The molecule has 0 heterocycles. The molecule has 1 amide bonds. The van der Waals surface area contributed by atoms with Crippen LogP contribution in [0.1, 0.15) is 33.5 Å². The third kappa shape index (κ3) is 4.05. The van der Waals surface area contributed by atoms with E-state index < -0.39 is 58.0 Å². The second-order valence-corrected chi connectivity index (χ2v) is 10.5. The van der Waals surface area contributed by atoms with E-state index in [4.69, 9.17) is 10.9 Å². The number of primary amides is 1. The Labute approximate surface area is 233 Å². The number of phenolic OH excluding ortho intramolecular Hbond substituents is 1. The third-order valence-corrected chi connectivity index (χ3v) is 8.04. The number of aliphatic hydroxyl groups is 3. The molecule has 0 aliphatic heterocycles. The number of nitrogens with zero attached hydrogens (tertiary/aromatic N) is 2. The first-order valence-corrected chi connectivity index (χ1v) is 12.6. The molecule has 4 atom stereocenters. The van der Waals surface area contributed by atoms with Crippen LogP contribution >= 0.6 is 0 Å². The van der Waals surface area contributed by atoms with Gasteiger partial charge in [0.1, 0.15) is 22.8 Å². The summed E-state index contributed by atoms with van der Waals surface area (Å²) in [5, 5.41) is 53.5. The van der Waals surface area contributed by atoms with Gasteiger partial charge in [-0.05, 0) is 62.7 Å². The first kappa shape index (κ1) is 27.6. The van der Waals surface area contributed by atoms with Gasteiger partial charge in [-0.25, -0.2) is 5.21 Å². The highest BCUT2D eigenvalue weighted by molar-refractivity contribution is 6.24. The zero-order valence-electron chi connectivity index (χ0n) is 22.0. The van der Waals surface area contributed by atoms with E-state index in [1.165, 1.54) is 41.3 Å². The summed E-state index contributed by atoms with van der Waals surface area (Å²) in [4.78, 5) is 51.4. The van der Waals surface area contributed by atoms with Gasteiger partial charge >= 0.3 is 5.69 Å². The number of benzene rings is 2. The van der Waals surface area contributed by atoms with Crippen LogP contribution in [0.2, 0.25) is 0 Å². The number of ketones is 2. The first-order valence-electron chi connectivity index (χ1n) is 12.6. The van der Waals surface area contributed by atoms with Crippen LogP contribution in [0.25, 0.3) is 0 Å². The zero-order chi connectivity index (χ0) is 30.0. The average molecular weight is 561 g/mol. The molecule has 0 radical (unpaired) electrons. The summed E-state index contributed by atoms with van der Waals surface area (Å²) in [5.41, 5.74) is 2.69. The second kappa shape index (κ2) is 9.58. The van der Waals surface area contributed by atoms with Gasteiger partial charge < -0.3 is 26.2 Å². The van der Waals surface area contributed by atoms with Crippen LogP contribution in [0.5, 0.6) is 5.75 Å². The molecule has 2 aromatic carbocycles. The van der Waals surface area contributed by atoms with Gasteiger partial charge in [-0.1, -0.05) is 11.8 Å². The summed E-state index contributed by atoms with van der Waals surface area (Å²) in [5.74, 6) is -1.35. The van der Waals surface area contributed by atoms with E-state index in [-0.39, 0.29) is 40.3 Å². The molecule has 210 valence electrons. The number of carbonyl (C=O) groups is 3. The number of Topliss-reactive ketones (excluding diaryl/α,β-unsaturated/α-hetero) is 2. The number of rotatable bonds is 3. The van der Waals surface area contributed by atoms with Crippen LogP contribution in [0.15, 0.2) is 59.1 Å². The van der Waals surface area contributed by atoms with Crippen molar-refractivity contribution in [2.75, 3.05) is 14.1 Å². The Morgan fingerprint density at radius 1 is 1.07 bits per heavy atom. The van der Waals surface area contributed by atoms with E-state index in [2.05, 4.69) is 11.8 Å². The van der Waals surface area contributed by atoms with Crippen molar-refractivity contribution in [2.45, 2.75) is 24.5 Å². The molecule has 0 spiro atoms. The maximum absolute atomic E-state index is 13.8. The van der Waals surface area contributed by atoms with Crippen LogP contribution in [0.4, 0.5) is 5.69 Å². The lowest BCUT2D eigenvalue weighted by atomic mass is 9.58. The van der Waals surface area contributed by atoms with Crippen LogP contribution in [-0.2, 0) is 16.0 Å². The van der Waals surface area contributed by atoms with E-state index >= 15 is 0 Å². The van der Waals surface area contributed by atoms with E-state index in [0.29, 0.717) is 16.7 Å². The van der Waals surface area contributed by atoms with E-state index in [9.17, 15) is 39.7 Å². The predicted octanol–water partition coefficient (Wildman–Crippen LogP) is 1.32. The topological polar surface area (TPSA) is 202 Å². The minimum Gasteiger partial charge on any atom is -0.510 e. The second-order valence-electron chi connectivity index (χ2n) is 10.5. The molecule has 12 heteroatoms. The Hall–Kier alpha value is -4.99. The normalized spacial score (nSPS) is 25.2. The molecule has 0 aromatic heterocycles. The predicted molar refractivity (Wildman–Crippen MR) is 141 cm³/mol. The van der Waals surface area contributed by atoms with Gasteiger partial charge in [0.25, 0.3) is 10.8 Å². The highest BCUT2D eigenvalue weighted by Crippen LogP contribution is 2.52. The summed E-state index contributed by atoms with van der Waals surface area (Å²) in [6, 6.07) is 7.49. The van der Waals surface area contributed by atoms with Crippen molar-refractivity contribution in [3.8, 4) is 17.6 Å². The third-order valence-electron chi connectivity index (χ3n) is 8.04. The SMILES string of the molecule is CN(C)[C@@H]1C(O)=C(C(N)=O)C(=O)[C@@]2(O)C(O)=C3C(=O)c4c(O)ccc(C#Cc5ccc([N+](=O)O)cc5)c4C[C@H]3C[C@@H]12. The number of aliphatic hydroxyl groups excluding tert-OH is 2. The molecule has 0 unspecified atom stereocenters. The first-order chi connectivity index (χ1) is 19.3. The van der Waals surface area contributed by atoms with Crippen LogP contribution in [0, 0.1) is 28.6 Å². The van der Waals surface area contributed by atoms with Crippen molar-refractivity contribution in [3.05, 3.63) is 86.2 Å². The highest BCUT2D eigenvalue weighted by atomic mass is 16.6. The minimum absolute atomic E-state index is 0.0144. The summed E-state index contributed by atoms with van der Waals surface area (Å²) >= 11 is 0. The number of nitrogens with two attached hydrogens (primary N) is 1. The zero-order valence-corrected chi connectivity index (χ0v) is 22.0. The number of carbonyl (C=O) groups excluding carboxylic acids is 3. The number of fused-ring (bicyclic) bond motifs is 3. The number of aromatic hydroxyl groups is 1. The van der Waals surface area contributed by atoms with Gasteiger partial charge in [0.15, 0.2) is 11.4 Å². The Bertz CT molecular complexity index is 1680. The maximum atomic E-state index is 13.8. The molecule has 0 saturated carbocycles. The van der Waals surface area contributed by atoms with Gasteiger partial charge in [-0.3, -0.25) is 19.3 Å². The summed E-state index contributed by atoms with van der Waals surface area (Å²) in [6.45, 7) is 0. The number of likely N-dealkylation sites (N-methyl/N-ethyl adjacent to an activating group) is 1. The lowest BCUT2D eigenvalue weighted by Crippen LogP contribution is -2.63. The van der Waals surface area contributed by atoms with Crippen molar-refractivity contribution in [1.29, 1.82) is 0 Å². The van der Waals surface area contributed by atoms with Crippen molar-refractivity contribution in [1.82, 2.24) is 4.90 Å². The fourth-order valence-electron chi connectivity index (χ4n) is 6.18. The standard InChI is InChI=1S/C29H25N3O9/c1-31(2)23-18-12-15-11-17-14(6-3-13-4-8-16(9-5-13)32(40)41)7-10-19(33)21(17)24(34)20(15)26(36)29(18,39)27(37)22(25(23)35)28(30)38/h4-5,7-10,15,18,23,39H,11-12H2,1-2H3,(H5-,30,33,34,35,36,37,38,40,41)/p+1/t15-,18-,23-,29-/m0/s1. The molecule has 0 saturated heterocycles. The molecule has 5 rings (SSSR count). The molecule has 2 aromatic rings. The van der Waals surface area contributed by atoms with Crippen LogP contribution < -0.4 is 5.73 Å². The molecular formula is C29H26N3O9+. The molecule has 7 N–H and O–H groups in total. The number of hydrogen-bond acceptors (Lipinski definition) is 9. The van der Waals surface area contributed by atoms with Gasteiger partial charge in [-0.2, -0.15) is 0 Å². The van der Waals surface area contributed by atoms with Gasteiger partial charge in [0, 0.05) is 34.8 Å². The van der Waals surface area contributed by atoms with Crippen molar-refractivity contribution < 1.29 is 44.9 Å². The lowest BCUT2D eigenvalue weighted by molar-refractivity contribution is -0.729. The largest absolute Gasteiger partial charge is 0.510 e. The Balaban J connectivity index is 1.63. The minimum atomic E-state index is -2.71. The molecule has 12 nitrogen and oxygen atoms in total. The fraction of sp³-hybridized carbons (Fsp3) is 0.276. The Morgan fingerprint density at radius 2 is 1.73 bits per heavy atom. The number of hydrogen-bond donors (Lipinski definition) is 6. The van der Waals surface area contributed by atoms with Crippen LogP contribution in [0.3, 0.4) is 0 Å². The van der Waals surface area contributed by atoms with Crippen molar-refractivity contribution in [2.24, 2.45) is 17.6 Å². The molecule has 0 bridgehead atoms. The monoisotopic (exact) mass is 560 g/mol. The number of amides is 1. The van der Waals surface area contributed by atoms with Gasteiger partial charge in [0.05, 0.1) is 16.5 Å². The highest BCUT2D eigenvalue weighted by Gasteiger charge is 2.63. The van der Waals surface area contributed by atoms with Crippen molar-refractivity contribution in [3.63, 3.8) is 0 Å². The molecule has 3 aliphatic rings. The smallest absolute Gasteiger partial charge is 0.316 e. The maximum Gasteiger partial charge on any atom is 0.316 e. The fourth-order valence-corrected chi connectivity index (χ4v) is 6.18. The Kier molecular flexibility index (Phi) is 6.44. The molecule has 41 heavy (non-hydrogen) atoms. The average Bonchev–Trinajstić information content (AvgIpc) is 2.90. The summed E-state index contributed by atoms with van der Waals surface area (Å²) < 4.78 is 0. The lowest BCUT2D eigenvalue weighted by Gasteiger charge is -2.50. The molecule has 3 aliphatic carbocycles. The molecule has 0 fully saturated rings. The van der Waals surface area contributed by atoms with Crippen molar-refractivity contribution >= 4 is 23.2 Å². The van der Waals surface area contributed by atoms with E-state index in [1.807, 2.05) is 0 Å². The summed E-state index contributed by atoms with van der Waals surface area (Å²) in [7, 11) is 3.11. The quantitative estimate of drug-likeness (QED) is 0.181. The van der Waals surface area contributed by atoms with E-state index in [0.717, 1.165) is 0 Å². The van der Waals surface area contributed by atoms with Gasteiger partial charge in [0.2, 0.25) is 5.78 Å². The number of allylic oxidation sites excluding steroid dienone is 1. The van der Waals surface area contributed by atoms with E-state index in [1.54, 1.807) is 14.1 Å². The Morgan fingerprint density at radius 3 is 2.32 bits per heavy atom. The van der Waals surface area contributed by atoms with Crippen LogP contribution in [-0.4, -0.2) is 78.7 Å². The van der Waals surface area contributed by atoms with Gasteiger partial charge in [-0.15, -0.1) is 0 Å². The molecular weight excluding hydrogens is 534 g/mol.